The fraction of sp³-hybridized carbons (Fsp3) is 0.381. The second-order valence-electron chi connectivity index (χ2n) is 6.93. The summed E-state index contributed by atoms with van der Waals surface area (Å²) in [5.41, 5.74) is 3.91. The molecule has 0 atom stereocenters. The molecule has 0 radical (unpaired) electrons. The zero-order valence-electron chi connectivity index (χ0n) is 15.3. The standard InChI is InChI=1S/C21H25FN2O/c1-14(2)10-12-25-21-20-18(9-11-23-21)15(3)16(4)24(20)13-17-7-5-6-8-19(17)22/h5-9,11,14H,10,12-13H2,1-4H3. The van der Waals surface area contributed by atoms with Crippen LogP contribution in [0.25, 0.3) is 10.9 Å². The van der Waals surface area contributed by atoms with E-state index >= 15 is 0 Å². The third-order valence-electron chi connectivity index (χ3n) is 4.73. The van der Waals surface area contributed by atoms with Crippen molar-refractivity contribution < 1.29 is 9.13 Å². The first-order chi connectivity index (χ1) is 12.0. The SMILES string of the molecule is Cc1c(C)n(Cc2ccccc2F)c2c(OCCC(C)C)nccc12. The molecule has 132 valence electrons. The molecule has 0 aliphatic heterocycles. The molecule has 0 unspecified atom stereocenters. The summed E-state index contributed by atoms with van der Waals surface area (Å²) in [4.78, 5) is 4.45. The average Bonchev–Trinajstić information content (AvgIpc) is 2.82. The molecular weight excluding hydrogens is 315 g/mol. The van der Waals surface area contributed by atoms with Crippen molar-refractivity contribution >= 4 is 10.9 Å². The number of rotatable bonds is 6. The van der Waals surface area contributed by atoms with Gasteiger partial charge in [-0.25, -0.2) is 9.37 Å². The lowest BCUT2D eigenvalue weighted by Gasteiger charge is -2.13. The predicted octanol–water partition coefficient (Wildman–Crippen LogP) is 5.27. The highest BCUT2D eigenvalue weighted by Crippen LogP contribution is 2.32. The fourth-order valence-corrected chi connectivity index (χ4v) is 3.05. The molecule has 3 aromatic rings. The lowest BCUT2D eigenvalue weighted by atomic mass is 10.1. The van der Waals surface area contributed by atoms with Crippen LogP contribution >= 0.6 is 0 Å². The highest BCUT2D eigenvalue weighted by molar-refractivity contribution is 5.89. The monoisotopic (exact) mass is 340 g/mol. The first kappa shape index (κ1) is 17.5. The largest absolute Gasteiger partial charge is 0.476 e. The van der Waals surface area contributed by atoms with E-state index in [0.29, 0.717) is 30.5 Å². The number of pyridine rings is 1. The smallest absolute Gasteiger partial charge is 0.238 e. The normalized spacial score (nSPS) is 11.4. The number of halogens is 1. The molecule has 0 aliphatic carbocycles. The number of aromatic nitrogens is 2. The van der Waals surface area contributed by atoms with E-state index in [0.717, 1.165) is 23.0 Å². The van der Waals surface area contributed by atoms with Crippen molar-refractivity contribution in [3.8, 4) is 5.88 Å². The van der Waals surface area contributed by atoms with Crippen LogP contribution < -0.4 is 4.74 Å². The van der Waals surface area contributed by atoms with Gasteiger partial charge in [-0.1, -0.05) is 32.0 Å². The lowest BCUT2D eigenvalue weighted by Crippen LogP contribution is -2.07. The predicted molar refractivity (Wildman–Crippen MR) is 99.7 cm³/mol. The van der Waals surface area contributed by atoms with Crippen LogP contribution in [0.15, 0.2) is 36.5 Å². The van der Waals surface area contributed by atoms with Gasteiger partial charge in [0.25, 0.3) is 0 Å². The van der Waals surface area contributed by atoms with Crippen molar-refractivity contribution in [2.75, 3.05) is 6.61 Å². The van der Waals surface area contributed by atoms with Crippen LogP contribution in [0.3, 0.4) is 0 Å². The van der Waals surface area contributed by atoms with E-state index < -0.39 is 0 Å². The maximum Gasteiger partial charge on any atom is 0.238 e. The minimum Gasteiger partial charge on any atom is -0.476 e. The van der Waals surface area contributed by atoms with Crippen LogP contribution in [0.5, 0.6) is 5.88 Å². The third-order valence-corrected chi connectivity index (χ3v) is 4.73. The Balaban J connectivity index is 2.04. The maximum absolute atomic E-state index is 14.1. The lowest BCUT2D eigenvalue weighted by molar-refractivity contribution is 0.281. The summed E-state index contributed by atoms with van der Waals surface area (Å²) in [6, 6.07) is 8.91. The summed E-state index contributed by atoms with van der Waals surface area (Å²) < 4.78 is 22.2. The Morgan fingerprint density at radius 1 is 1.16 bits per heavy atom. The van der Waals surface area contributed by atoms with Gasteiger partial charge >= 0.3 is 0 Å². The summed E-state index contributed by atoms with van der Waals surface area (Å²) in [7, 11) is 0. The molecule has 0 N–H and O–H groups in total. The minimum atomic E-state index is -0.187. The summed E-state index contributed by atoms with van der Waals surface area (Å²) in [6.45, 7) is 9.60. The molecule has 3 nitrogen and oxygen atoms in total. The van der Waals surface area contributed by atoms with E-state index in [1.54, 1.807) is 12.3 Å². The maximum atomic E-state index is 14.1. The molecule has 0 saturated heterocycles. The molecule has 0 bridgehead atoms. The van der Waals surface area contributed by atoms with Gasteiger partial charge in [0.2, 0.25) is 5.88 Å². The number of benzene rings is 1. The van der Waals surface area contributed by atoms with Crippen molar-refractivity contribution in [3.63, 3.8) is 0 Å². The molecule has 2 aromatic heterocycles. The van der Waals surface area contributed by atoms with Gasteiger partial charge in [-0.05, 0) is 43.9 Å². The Bertz CT molecular complexity index is 883. The highest BCUT2D eigenvalue weighted by Gasteiger charge is 2.17. The van der Waals surface area contributed by atoms with Crippen LogP contribution in [0.1, 0.15) is 37.1 Å². The molecule has 0 aliphatic rings. The van der Waals surface area contributed by atoms with Crippen molar-refractivity contribution in [3.05, 3.63) is 59.2 Å². The van der Waals surface area contributed by atoms with Gasteiger partial charge in [-0.2, -0.15) is 0 Å². The highest BCUT2D eigenvalue weighted by atomic mass is 19.1. The topological polar surface area (TPSA) is 27.1 Å². The Labute approximate surface area is 148 Å². The number of nitrogens with zero attached hydrogens (tertiary/aromatic N) is 2. The van der Waals surface area contributed by atoms with Crippen LogP contribution in [-0.4, -0.2) is 16.2 Å². The van der Waals surface area contributed by atoms with Gasteiger partial charge in [0.15, 0.2) is 0 Å². The van der Waals surface area contributed by atoms with E-state index in [4.69, 9.17) is 4.74 Å². The molecule has 4 heteroatoms. The van der Waals surface area contributed by atoms with Gasteiger partial charge in [0, 0.05) is 22.8 Å². The van der Waals surface area contributed by atoms with Crippen molar-refractivity contribution in [1.29, 1.82) is 0 Å². The fourth-order valence-electron chi connectivity index (χ4n) is 3.05. The number of ether oxygens (including phenoxy) is 1. The second kappa shape index (κ2) is 7.26. The summed E-state index contributed by atoms with van der Waals surface area (Å²) >= 11 is 0. The third kappa shape index (κ3) is 3.53. The van der Waals surface area contributed by atoms with Crippen LogP contribution in [0.4, 0.5) is 4.39 Å². The molecule has 2 heterocycles. The molecule has 0 fully saturated rings. The van der Waals surface area contributed by atoms with E-state index in [1.807, 2.05) is 18.2 Å². The molecule has 0 amide bonds. The number of hydrogen-bond donors (Lipinski definition) is 0. The van der Waals surface area contributed by atoms with Crippen molar-refractivity contribution in [2.24, 2.45) is 5.92 Å². The Morgan fingerprint density at radius 3 is 2.64 bits per heavy atom. The molecular formula is C21H25FN2O. The number of fused-ring (bicyclic) bond motifs is 1. The van der Waals surface area contributed by atoms with Gasteiger partial charge < -0.3 is 9.30 Å². The zero-order chi connectivity index (χ0) is 18.0. The molecule has 3 rings (SSSR count). The van der Waals surface area contributed by atoms with E-state index in [1.165, 1.54) is 11.6 Å². The Kier molecular flexibility index (Phi) is 5.07. The number of aryl methyl sites for hydroxylation is 1. The first-order valence-corrected chi connectivity index (χ1v) is 8.79. The molecule has 0 saturated carbocycles. The van der Waals surface area contributed by atoms with Gasteiger partial charge in [-0.3, -0.25) is 0 Å². The average molecular weight is 340 g/mol. The minimum absolute atomic E-state index is 0.187. The van der Waals surface area contributed by atoms with Crippen molar-refractivity contribution in [2.45, 2.75) is 40.7 Å². The van der Waals surface area contributed by atoms with Crippen LogP contribution in [-0.2, 0) is 6.54 Å². The van der Waals surface area contributed by atoms with Crippen LogP contribution in [0.2, 0.25) is 0 Å². The number of hydrogen-bond acceptors (Lipinski definition) is 2. The van der Waals surface area contributed by atoms with Crippen molar-refractivity contribution in [1.82, 2.24) is 9.55 Å². The van der Waals surface area contributed by atoms with Gasteiger partial charge in [-0.15, -0.1) is 0 Å². The molecule has 1 aromatic carbocycles. The van der Waals surface area contributed by atoms with Gasteiger partial charge in [0.05, 0.1) is 13.2 Å². The van der Waals surface area contributed by atoms with E-state index in [9.17, 15) is 4.39 Å². The Morgan fingerprint density at radius 2 is 1.92 bits per heavy atom. The summed E-state index contributed by atoms with van der Waals surface area (Å²) in [5, 5.41) is 1.11. The molecule has 0 spiro atoms. The van der Waals surface area contributed by atoms with Gasteiger partial charge in [0.1, 0.15) is 11.3 Å². The quantitative estimate of drug-likeness (QED) is 0.611. The molecule has 25 heavy (non-hydrogen) atoms. The zero-order valence-corrected chi connectivity index (χ0v) is 15.3. The first-order valence-electron chi connectivity index (χ1n) is 8.79. The van der Waals surface area contributed by atoms with E-state index in [-0.39, 0.29) is 5.82 Å². The van der Waals surface area contributed by atoms with E-state index in [2.05, 4.69) is 37.2 Å². The van der Waals surface area contributed by atoms with Crippen LogP contribution in [0, 0.1) is 25.6 Å². The summed E-state index contributed by atoms with van der Waals surface area (Å²) in [5.74, 6) is 1.02. The second-order valence-corrected chi connectivity index (χ2v) is 6.93. The Hall–Kier alpha value is -2.36. The summed E-state index contributed by atoms with van der Waals surface area (Å²) in [6.07, 6.45) is 2.76.